The van der Waals surface area contributed by atoms with Gasteiger partial charge in [-0.1, -0.05) is 87.8 Å². The van der Waals surface area contributed by atoms with Crippen LogP contribution in [-0.2, 0) is 0 Å². The van der Waals surface area contributed by atoms with Gasteiger partial charge in [0.25, 0.3) is 0 Å². The van der Waals surface area contributed by atoms with Crippen molar-refractivity contribution in [2.24, 2.45) is 0 Å². The Kier molecular flexibility index (Phi) is 10.2. The van der Waals surface area contributed by atoms with Crippen molar-refractivity contribution >= 4 is 0 Å². The van der Waals surface area contributed by atoms with Crippen LogP contribution in [0.4, 0.5) is 0 Å². The van der Waals surface area contributed by atoms with Gasteiger partial charge in [0, 0.05) is 0 Å². The summed E-state index contributed by atoms with van der Waals surface area (Å²) < 4.78 is 0. The number of hydrogen-bond acceptors (Lipinski definition) is 0. The highest BCUT2D eigenvalue weighted by Gasteiger charge is 1.83. The molecule has 1 rings (SSSR count). The number of rotatable bonds is 5. The van der Waals surface area contributed by atoms with Crippen molar-refractivity contribution in [3.8, 4) is 0 Å². The Labute approximate surface area is 102 Å². The molecule has 0 unspecified atom stereocenters. The van der Waals surface area contributed by atoms with E-state index < -0.39 is 0 Å². The van der Waals surface area contributed by atoms with E-state index >= 15 is 0 Å². The molecule has 0 aliphatic carbocycles. The molecule has 0 radical (unpaired) electrons. The Bertz CT molecular complexity index is 227. The van der Waals surface area contributed by atoms with Crippen LogP contribution in [0.15, 0.2) is 24.3 Å². The molecule has 0 fully saturated rings. The van der Waals surface area contributed by atoms with E-state index in [9.17, 15) is 0 Å². The second-order valence-electron chi connectivity index (χ2n) is 4.57. The van der Waals surface area contributed by atoms with Crippen molar-refractivity contribution in [1.82, 2.24) is 0 Å². The highest BCUT2D eigenvalue weighted by molar-refractivity contribution is 5.20. The van der Waals surface area contributed by atoms with Crippen molar-refractivity contribution in [3.05, 3.63) is 35.4 Å². The van der Waals surface area contributed by atoms with Crippen LogP contribution in [0.5, 0.6) is 0 Å². The van der Waals surface area contributed by atoms with Gasteiger partial charge in [-0.2, -0.15) is 0 Å². The molecular formula is C16H28. The zero-order valence-electron chi connectivity index (χ0n) is 11.6. The van der Waals surface area contributed by atoms with E-state index in [-0.39, 0.29) is 0 Å². The van der Waals surface area contributed by atoms with Gasteiger partial charge in [0.15, 0.2) is 0 Å². The molecule has 0 aliphatic heterocycles. The molecule has 0 saturated carbocycles. The molecule has 0 aliphatic rings. The molecule has 0 atom stereocenters. The van der Waals surface area contributed by atoms with Crippen LogP contribution >= 0.6 is 0 Å². The number of aryl methyl sites for hydroxylation is 2. The fourth-order valence-corrected chi connectivity index (χ4v) is 1.66. The number of unbranched alkanes of at least 4 members (excludes halogenated alkanes) is 5. The highest BCUT2D eigenvalue weighted by atomic mass is 13.9. The van der Waals surface area contributed by atoms with Gasteiger partial charge in [0.1, 0.15) is 0 Å². The predicted molar refractivity (Wildman–Crippen MR) is 75.0 cm³/mol. The molecule has 1 aromatic carbocycles. The molecule has 92 valence electrons. The molecular weight excluding hydrogens is 192 g/mol. The monoisotopic (exact) mass is 220 g/mol. The standard InChI is InChI=1S/C8H10.C8H18/c1-7-4-3-5-8(2)6-7;1-3-5-7-8-6-4-2/h3-6H,1-2H3;3-8H2,1-2H3. The molecule has 1 aromatic rings. The summed E-state index contributed by atoms with van der Waals surface area (Å²) in [5, 5.41) is 0. The predicted octanol–water partition coefficient (Wildman–Crippen LogP) is 5.67. The molecule has 0 heteroatoms. The van der Waals surface area contributed by atoms with Gasteiger partial charge in [0.05, 0.1) is 0 Å². The lowest BCUT2D eigenvalue weighted by atomic mass is 10.1. The first kappa shape index (κ1) is 15.2. The first-order valence-corrected chi connectivity index (χ1v) is 6.74. The Morgan fingerprint density at radius 2 is 1.19 bits per heavy atom. The van der Waals surface area contributed by atoms with E-state index in [2.05, 4.69) is 52.0 Å². The minimum absolute atomic E-state index is 1.34. The summed E-state index contributed by atoms with van der Waals surface area (Å²) in [5.41, 5.74) is 2.68. The third-order valence-electron chi connectivity index (χ3n) is 2.63. The highest BCUT2D eigenvalue weighted by Crippen LogP contribution is 2.03. The topological polar surface area (TPSA) is 0 Å². The fraction of sp³-hybridized carbons (Fsp3) is 0.625. The molecule has 0 spiro atoms. The van der Waals surface area contributed by atoms with Crippen LogP contribution in [0.3, 0.4) is 0 Å². The molecule has 0 nitrogen and oxygen atoms in total. The summed E-state index contributed by atoms with van der Waals surface area (Å²) in [4.78, 5) is 0. The van der Waals surface area contributed by atoms with Crippen molar-refractivity contribution in [3.63, 3.8) is 0 Å². The summed E-state index contributed by atoms with van der Waals surface area (Å²) in [6, 6.07) is 8.45. The van der Waals surface area contributed by atoms with Crippen LogP contribution in [-0.4, -0.2) is 0 Å². The minimum Gasteiger partial charge on any atom is -0.0654 e. The summed E-state index contributed by atoms with van der Waals surface area (Å²) in [6.45, 7) is 8.72. The van der Waals surface area contributed by atoms with Crippen molar-refractivity contribution in [1.29, 1.82) is 0 Å². The van der Waals surface area contributed by atoms with E-state index in [0.717, 1.165) is 0 Å². The molecule has 0 bridgehead atoms. The van der Waals surface area contributed by atoms with Crippen LogP contribution in [0, 0.1) is 13.8 Å². The molecule has 0 saturated heterocycles. The largest absolute Gasteiger partial charge is 0.0654 e. The molecule has 0 aromatic heterocycles. The fourth-order valence-electron chi connectivity index (χ4n) is 1.66. The number of hydrogen-bond donors (Lipinski definition) is 0. The molecule has 16 heavy (non-hydrogen) atoms. The van der Waals surface area contributed by atoms with Crippen LogP contribution in [0.25, 0.3) is 0 Å². The van der Waals surface area contributed by atoms with Crippen molar-refractivity contribution < 1.29 is 0 Å². The quantitative estimate of drug-likeness (QED) is 0.561. The average molecular weight is 220 g/mol. The van der Waals surface area contributed by atoms with E-state index in [4.69, 9.17) is 0 Å². The van der Waals surface area contributed by atoms with E-state index in [1.165, 1.54) is 49.7 Å². The lowest BCUT2D eigenvalue weighted by Crippen LogP contribution is -1.73. The smallest absolute Gasteiger partial charge is 0.0398 e. The van der Waals surface area contributed by atoms with E-state index in [1.807, 2.05) is 0 Å². The minimum atomic E-state index is 1.34. The zero-order valence-corrected chi connectivity index (χ0v) is 11.6. The van der Waals surface area contributed by atoms with E-state index in [1.54, 1.807) is 0 Å². The van der Waals surface area contributed by atoms with Gasteiger partial charge >= 0.3 is 0 Å². The first-order valence-electron chi connectivity index (χ1n) is 6.74. The van der Waals surface area contributed by atoms with Crippen molar-refractivity contribution in [2.75, 3.05) is 0 Å². The third kappa shape index (κ3) is 9.76. The maximum absolute atomic E-state index is 2.26. The molecule has 0 amide bonds. The lowest BCUT2D eigenvalue weighted by molar-refractivity contribution is 0.624. The maximum atomic E-state index is 2.26. The summed E-state index contributed by atoms with van der Waals surface area (Å²) >= 11 is 0. The Morgan fingerprint density at radius 1 is 0.750 bits per heavy atom. The zero-order chi connectivity index (χ0) is 12.2. The van der Waals surface area contributed by atoms with Crippen LogP contribution in [0.1, 0.15) is 63.5 Å². The van der Waals surface area contributed by atoms with E-state index in [0.29, 0.717) is 0 Å². The van der Waals surface area contributed by atoms with Gasteiger partial charge in [-0.05, 0) is 13.8 Å². The molecule has 0 heterocycles. The van der Waals surface area contributed by atoms with Crippen LogP contribution < -0.4 is 0 Å². The summed E-state index contributed by atoms with van der Waals surface area (Å²) in [7, 11) is 0. The summed E-state index contributed by atoms with van der Waals surface area (Å²) in [5.74, 6) is 0. The van der Waals surface area contributed by atoms with Crippen molar-refractivity contribution in [2.45, 2.75) is 66.2 Å². The Balaban J connectivity index is 0.000000281. The van der Waals surface area contributed by atoms with Gasteiger partial charge in [-0.15, -0.1) is 0 Å². The normalized spacial score (nSPS) is 9.50. The second-order valence-corrected chi connectivity index (χ2v) is 4.57. The van der Waals surface area contributed by atoms with Gasteiger partial charge < -0.3 is 0 Å². The maximum Gasteiger partial charge on any atom is -0.0398 e. The number of benzene rings is 1. The lowest BCUT2D eigenvalue weighted by Gasteiger charge is -1.93. The van der Waals surface area contributed by atoms with Gasteiger partial charge in [-0.25, -0.2) is 0 Å². The average Bonchev–Trinajstić information content (AvgIpc) is 2.25. The molecule has 0 N–H and O–H groups in total. The summed E-state index contributed by atoms with van der Waals surface area (Å²) in [6.07, 6.45) is 8.49. The second kappa shape index (κ2) is 10.7. The Hall–Kier alpha value is -0.780. The third-order valence-corrected chi connectivity index (χ3v) is 2.63. The van der Waals surface area contributed by atoms with Gasteiger partial charge in [-0.3, -0.25) is 0 Å². The first-order chi connectivity index (χ1) is 7.70. The Morgan fingerprint density at radius 3 is 1.44 bits per heavy atom. The van der Waals surface area contributed by atoms with Gasteiger partial charge in [0.2, 0.25) is 0 Å². The SMILES string of the molecule is CCCCCCCC.Cc1cccc(C)c1. The van der Waals surface area contributed by atoms with Crippen LogP contribution in [0.2, 0.25) is 0 Å².